The van der Waals surface area contributed by atoms with Crippen LogP contribution in [0.1, 0.15) is 10.4 Å². The molecule has 0 heterocycles. The van der Waals surface area contributed by atoms with E-state index < -0.39 is 0 Å². The van der Waals surface area contributed by atoms with Crippen LogP contribution in [0.2, 0.25) is 0 Å². The lowest BCUT2D eigenvalue weighted by molar-refractivity contribution is 0.112. The Kier molecular flexibility index (Phi) is 4.23. The van der Waals surface area contributed by atoms with Crippen LogP contribution >= 0.6 is 34.6 Å². The van der Waals surface area contributed by atoms with E-state index in [4.69, 9.17) is 0 Å². The van der Waals surface area contributed by atoms with Crippen molar-refractivity contribution in [1.29, 1.82) is 0 Å². The molecule has 0 amide bonds. The molecule has 0 aliphatic rings. The molecule has 0 bridgehead atoms. The molecule has 5 heteroatoms. The molecule has 1 rings (SSSR count). The van der Waals surface area contributed by atoms with Crippen LogP contribution in [0.25, 0.3) is 0 Å². The average molecular weight is 308 g/mol. The van der Waals surface area contributed by atoms with E-state index in [2.05, 4.69) is 4.18 Å². The van der Waals surface area contributed by atoms with E-state index >= 15 is 0 Å². The minimum atomic E-state index is -0.373. The molecule has 0 aliphatic carbocycles. The third-order valence-corrected chi connectivity index (χ3v) is 2.44. The van der Waals surface area contributed by atoms with Gasteiger partial charge in [0, 0.05) is 10.5 Å². The molecule has 0 radical (unpaired) electrons. The summed E-state index contributed by atoms with van der Waals surface area (Å²) in [5, 5.41) is 0. The zero-order valence-corrected chi connectivity index (χ0v) is 9.37. The first-order chi connectivity index (χ1) is 6.22. The molecule has 3 nitrogen and oxygen atoms in total. The molecule has 0 aliphatic heterocycles. The monoisotopic (exact) mass is 308 g/mol. The fourth-order valence-electron chi connectivity index (χ4n) is 0.683. The van der Waals surface area contributed by atoms with E-state index in [0.29, 0.717) is 5.56 Å². The highest BCUT2D eigenvalue weighted by Crippen LogP contribution is 2.20. The van der Waals surface area contributed by atoms with E-state index in [1.165, 1.54) is 0 Å². The predicted octanol–water partition coefficient (Wildman–Crippen LogP) is 3.08. The number of hydrogen-bond acceptors (Lipinski definition) is 4. The number of aldehydes is 1. The molecule has 0 spiro atoms. The normalized spacial score (nSPS) is 9.31. The quantitative estimate of drug-likeness (QED) is 0.372. The topological polar surface area (TPSA) is 43.4 Å². The maximum absolute atomic E-state index is 10.4. The fourth-order valence-corrected chi connectivity index (χ4v) is 1.36. The van der Waals surface area contributed by atoms with Gasteiger partial charge in [0.15, 0.2) is 0 Å². The van der Waals surface area contributed by atoms with Crippen LogP contribution in [-0.4, -0.2) is 10.3 Å². The summed E-state index contributed by atoms with van der Waals surface area (Å²) in [6.07, 6.45) is 0.763. The van der Waals surface area contributed by atoms with Crippen LogP contribution in [0.15, 0.2) is 29.2 Å². The van der Waals surface area contributed by atoms with Gasteiger partial charge in [0.05, 0.1) is 34.6 Å². The summed E-state index contributed by atoms with van der Waals surface area (Å²) in [5.74, 6) is 0. The Morgan fingerprint density at radius 1 is 1.38 bits per heavy atom. The van der Waals surface area contributed by atoms with Crippen LogP contribution in [0.4, 0.5) is 4.79 Å². The van der Waals surface area contributed by atoms with Crippen molar-refractivity contribution in [1.82, 2.24) is 0 Å². The van der Waals surface area contributed by atoms with E-state index in [0.717, 1.165) is 23.2 Å². The maximum atomic E-state index is 10.4. The fraction of sp³-hybridized carbons (Fsp3) is 0. The summed E-state index contributed by atoms with van der Waals surface area (Å²) in [6, 6.07) is 6.76. The lowest BCUT2D eigenvalue weighted by Crippen LogP contribution is -1.83. The Hall–Kier alpha value is -0.560. The zero-order valence-electron chi connectivity index (χ0n) is 6.40. The largest absolute Gasteiger partial charge is 0.379 e. The highest BCUT2D eigenvalue weighted by molar-refractivity contribution is 14.1. The molecule has 0 unspecified atom stereocenters. The summed E-state index contributed by atoms with van der Waals surface area (Å²) in [6.45, 7) is 0. The Morgan fingerprint density at radius 2 is 2.00 bits per heavy atom. The minimum absolute atomic E-state index is 0.373. The first-order valence-electron chi connectivity index (χ1n) is 3.31. The van der Waals surface area contributed by atoms with E-state index in [1.54, 1.807) is 46.9 Å². The van der Waals surface area contributed by atoms with E-state index in [9.17, 15) is 9.59 Å². The van der Waals surface area contributed by atoms with E-state index in [-0.39, 0.29) is 3.98 Å². The van der Waals surface area contributed by atoms with Crippen molar-refractivity contribution in [2.24, 2.45) is 0 Å². The molecule has 1 aromatic carbocycles. The molecular weight excluding hydrogens is 303 g/mol. The Labute approximate surface area is 93.2 Å². The summed E-state index contributed by atoms with van der Waals surface area (Å²) in [4.78, 5) is 21.5. The lowest BCUT2D eigenvalue weighted by Gasteiger charge is -1.97. The van der Waals surface area contributed by atoms with Gasteiger partial charge in [-0.25, -0.2) is 4.79 Å². The van der Waals surface area contributed by atoms with Crippen molar-refractivity contribution in [3.05, 3.63) is 29.8 Å². The zero-order chi connectivity index (χ0) is 9.68. The smallest absolute Gasteiger partial charge is 0.378 e. The highest BCUT2D eigenvalue weighted by Gasteiger charge is 1.99. The van der Waals surface area contributed by atoms with Gasteiger partial charge in [-0.1, -0.05) is 12.1 Å². The predicted molar refractivity (Wildman–Crippen MR) is 58.2 cm³/mol. The van der Waals surface area contributed by atoms with Crippen LogP contribution in [0.3, 0.4) is 0 Å². The number of benzene rings is 1. The van der Waals surface area contributed by atoms with Gasteiger partial charge >= 0.3 is 3.98 Å². The summed E-state index contributed by atoms with van der Waals surface area (Å²) in [5.41, 5.74) is 0.602. The maximum Gasteiger partial charge on any atom is 0.379 e. The number of halogens is 1. The second kappa shape index (κ2) is 5.23. The highest BCUT2D eigenvalue weighted by atomic mass is 127. The first-order valence-corrected chi connectivity index (χ1v) is 5.13. The van der Waals surface area contributed by atoms with Crippen LogP contribution in [0, 0.1) is 0 Å². The van der Waals surface area contributed by atoms with Crippen LogP contribution in [0.5, 0.6) is 0 Å². The molecule has 0 saturated heterocycles. The van der Waals surface area contributed by atoms with Gasteiger partial charge in [0.25, 0.3) is 0 Å². The third-order valence-electron chi connectivity index (χ3n) is 1.22. The van der Waals surface area contributed by atoms with Crippen molar-refractivity contribution in [3.63, 3.8) is 0 Å². The van der Waals surface area contributed by atoms with Crippen LogP contribution in [-0.2, 0) is 4.18 Å². The average Bonchev–Trinajstić information content (AvgIpc) is 2.15. The second-order valence-corrected chi connectivity index (χ2v) is 3.78. The SMILES string of the molecule is O=Cc1ccc(SOC(=O)I)cc1. The van der Waals surface area contributed by atoms with Gasteiger partial charge in [0.2, 0.25) is 0 Å². The van der Waals surface area contributed by atoms with Gasteiger partial charge in [-0.2, -0.15) is 0 Å². The van der Waals surface area contributed by atoms with Crippen molar-refractivity contribution in [2.75, 3.05) is 0 Å². The van der Waals surface area contributed by atoms with Crippen molar-refractivity contribution < 1.29 is 13.8 Å². The Bertz CT molecular complexity index is 310. The van der Waals surface area contributed by atoms with Gasteiger partial charge in [-0.3, -0.25) is 4.79 Å². The van der Waals surface area contributed by atoms with Gasteiger partial charge in [0.1, 0.15) is 6.29 Å². The molecule has 0 atom stereocenters. The molecular formula is C8H5IO3S. The third kappa shape index (κ3) is 3.77. The molecule has 0 N–H and O–H groups in total. The Balaban J connectivity index is 2.59. The molecule has 0 aromatic heterocycles. The molecule has 0 saturated carbocycles. The van der Waals surface area contributed by atoms with Gasteiger partial charge in [-0.05, 0) is 12.1 Å². The standard InChI is InChI=1S/C8H5IO3S/c9-8(11)12-13-7-3-1-6(5-10)2-4-7/h1-5H. The van der Waals surface area contributed by atoms with Gasteiger partial charge < -0.3 is 4.18 Å². The van der Waals surface area contributed by atoms with Gasteiger partial charge in [-0.15, -0.1) is 0 Å². The molecule has 0 fully saturated rings. The van der Waals surface area contributed by atoms with E-state index in [1.807, 2.05) is 0 Å². The van der Waals surface area contributed by atoms with Crippen molar-refractivity contribution >= 4 is 44.9 Å². The number of carbonyl (C=O) groups excluding carboxylic acids is 2. The molecule has 68 valence electrons. The summed E-state index contributed by atoms with van der Waals surface area (Å²) >= 11 is 2.52. The number of rotatable bonds is 3. The van der Waals surface area contributed by atoms with Crippen LogP contribution < -0.4 is 0 Å². The molecule has 13 heavy (non-hydrogen) atoms. The minimum Gasteiger partial charge on any atom is -0.378 e. The number of hydrogen-bond donors (Lipinski definition) is 0. The number of carbonyl (C=O) groups is 2. The second-order valence-electron chi connectivity index (χ2n) is 2.09. The summed E-state index contributed by atoms with van der Waals surface area (Å²) < 4.78 is 4.30. The van der Waals surface area contributed by atoms with Crippen molar-refractivity contribution in [2.45, 2.75) is 4.90 Å². The first kappa shape index (κ1) is 10.5. The lowest BCUT2D eigenvalue weighted by atomic mass is 10.2. The van der Waals surface area contributed by atoms with Crippen molar-refractivity contribution in [3.8, 4) is 0 Å². The summed E-state index contributed by atoms with van der Waals surface area (Å²) in [7, 11) is 0. The molecule has 1 aromatic rings. The Morgan fingerprint density at radius 3 is 2.46 bits per heavy atom.